The van der Waals surface area contributed by atoms with E-state index in [1.165, 1.54) is 47.4 Å². The number of hydrogen-bond donors (Lipinski definition) is 1. The van der Waals surface area contributed by atoms with E-state index in [-0.39, 0.29) is 33.7 Å². The highest BCUT2D eigenvalue weighted by atomic mass is 19.1. The highest BCUT2D eigenvalue weighted by molar-refractivity contribution is 5.98. The summed E-state index contributed by atoms with van der Waals surface area (Å²) in [6.45, 7) is 3.35. The molecule has 1 unspecified atom stereocenters. The van der Waals surface area contributed by atoms with E-state index < -0.39 is 28.9 Å². The van der Waals surface area contributed by atoms with Crippen molar-refractivity contribution in [2.24, 2.45) is 0 Å². The van der Waals surface area contributed by atoms with Gasteiger partial charge < -0.3 is 10.2 Å². The van der Waals surface area contributed by atoms with E-state index in [4.69, 9.17) is 15.2 Å². The second-order valence-electron chi connectivity index (χ2n) is 9.18. The van der Waals surface area contributed by atoms with Gasteiger partial charge in [-0.1, -0.05) is 30.3 Å². The van der Waals surface area contributed by atoms with Crippen LogP contribution in [-0.4, -0.2) is 19.7 Å². The van der Waals surface area contributed by atoms with Crippen molar-refractivity contribution in [3.63, 3.8) is 0 Å². The van der Waals surface area contributed by atoms with E-state index in [2.05, 4.69) is 9.97 Å². The summed E-state index contributed by atoms with van der Waals surface area (Å²) in [7, 11) is 0. The molecule has 0 aliphatic heterocycles. The normalized spacial score (nSPS) is 12.3. The first-order valence-electron chi connectivity index (χ1n) is 12.0. The Hall–Kier alpha value is -4.99. The lowest BCUT2D eigenvalue weighted by Gasteiger charge is -2.17. The highest BCUT2D eigenvalue weighted by Crippen LogP contribution is 2.37. The van der Waals surface area contributed by atoms with Gasteiger partial charge in [0.05, 0.1) is 10.9 Å². The number of nitrogen functional groups attached to an aromatic ring is 1. The first-order chi connectivity index (χ1) is 18.7. The lowest BCUT2D eigenvalue weighted by molar-refractivity contribution is 0.445. The van der Waals surface area contributed by atoms with Crippen molar-refractivity contribution < 1.29 is 17.6 Å². The van der Waals surface area contributed by atoms with Gasteiger partial charge in [-0.15, -0.1) is 0 Å². The maximum absolute atomic E-state index is 14.8. The van der Waals surface area contributed by atoms with E-state index in [9.17, 15) is 18.0 Å². The van der Waals surface area contributed by atoms with Crippen LogP contribution >= 0.6 is 0 Å². The van der Waals surface area contributed by atoms with Gasteiger partial charge in [0, 0.05) is 5.56 Å². The minimum Gasteiger partial charge on any atom is -0.458 e. The molecule has 2 N–H and O–H groups in total. The number of nitrogens with zero attached hydrogens (tertiary/aromatic N) is 4. The highest BCUT2D eigenvalue weighted by Gasteiger charge is 2.28. The molecule has 10 heteroatoms. The van der Waals surface area contributed by atoms with Crippen LogP contribution in [0, 0.1) is 24.4 Å². The third-order valence-corrected chi connectivity index (χ3v) is 6.72. The van der Waals surface area contributed by atoms with Gasteiger partial charge in [-0.2, -0.15) is 5.10 Å². The second kappa shape index (κ2) is 9.09. The van der Waals surface area contributed by atoms with Crippen LogP contribution in [0.25, 0.3) is 44.4 Å². The largest absolute Gasteiger partial charge is 0.458 e. The fourth-order valence-corrected chi connectivity index (χ4v) is 4.75. The van der Waals surface area contributed by atoms with Crippen molar-refractivity contribution >= 4 is 27.8 Å². The van der Waals surface area contributed by atoms with Crippen LogP contribution < -0.4 is 11.2 Å². The third-order valence-electron chi connectivity index (χ3n) is 6.72. The van der Waals surface area contributed by atoms with Gasteiger partial charge in [-0.25, -0.2) is 27.8 Å². The van der Waals surface area contributed by atoms with E-state index in [0.717, 1.165) is 6.07 Å². The first-order valence-corrected chi connectivity index (χ1v) is 12.0. The molecule has 0 aliphatic carbocycles. The number of nitrogens with two attached hydrogens (primary N) is 1. The summed E-state index contributed by atoms with van der Waals surface area (Å²) in [6, 6.07) is 13.3. The Kier molecular flexibility index (Phi) is 5.67. The summed E-state index contributed by atoms with van der Waals surface area (Å²) in [6.07, 6.45) is 1.27. The number of rotatable bonds is 4. The van der Waals surface area contributed by atoms with Gasteiger partial charge in [0.15, 0.2) is 5.65 Å². The predicted octanol–water partition coefficient (Wildman–Crippen LogP) is 6.18. The molecule has 1 atom stereocenters. The number of halogens is 3. The number of aryl methyl sites for hydroxylation is 1. The summed E-state index contributed by atoms with van der Waals surface area (Å²) in [4.78, 5) is 22.1. The van der Waals surface area contributed by atoms with Gasteiger partial charge in [-0.3, -0.25) is 4.79 Å². The molecule has 0 aliphatic rings. The molecule has 0 bridgehead atoms. The zero-order valence-corrected chi connectivity index (χ0v) is 20.7. The lowest BCUT2D eigenvalue weighted by Crippen LogP contribution is -2.17. The Morgan fingerprint density at radius 3 is 2.49 bits per heavy atom. The van der Waals surface area contributed by atoms with Crippen LogP contribution in [0.5, 0.6) is 0 Å². The van der Waals surface area contributed by atoms with Crippen molar-refractivity contribution in [2.75, 3.05) is 5.73 Å². The Morgan fingerprint density at radius 2 is 1.72 bits per heavy atom. The fraction of sp³-hybridized carbons (Fsp3) is 0.103. The van der Waals surface area contributed by atoms with Gasteiger partial charge in [0.25, 0.3) is 0 Å². The maximum Gasteiger partial charge on any atom is 0.203 e. The molecule has 194 valence electrons. The molecule has 0 spiro atoms. The van der Waals surface area contributed by atoms with Crippen LogP contribution in [0.3, 0.4) is 0 Å². The zero-order valence-electron chi connectivity index (χ0n) is 20.7. The number of hydrogen-bond acceptors (Lipinski definition) is 6. The SMILES string of the molecule is Cc1ccc(-c2nn(C(C)c3oc4cccc(F)c4c(=O)c3-c3cccc(F)c3)c3ncnc(N)c23)cc1F. The number of aromatic nitrogens is 4. The molecule has 0 saturated carbocycles. The smallest absolute Gasteiger partial charge is 0.203 e. The van der Waals surface area contributed by atoms with Crippen molar-refractivity contribution in [2.45, 2.75) is 19.9 Å². The molecule has 3 aromatic heterocycles. The monoisotopic (exact) mass is 527 g/mol. The number of fused-ring (bicyclic) bond motifs is 2. The van der Waals surface area contributed by atoms with Crippen molar-refractivity contribution in [1.82, 2.24) is 19.7 Å². The third kappa shape index (κ3) is 3.92. The van der Waals surface area contributed by atoms with E-state index >= 15 is 0 Å². The topological polar surface area (TPSA) is 99.8 Å². The molecular weight excluding hydrogens is 507 g/mol. The molecule has 3 heterocycles. The molecule has 39 heavy (non-hydrogen) atoms. The van der Waals surface area contributed by atoms with Crippen LogP contribution in [0.2, 0.25) is 0 Å². The molecule has 0 fully saturated rings. The Bertz CT molecular complexity index is 1980. The molecular formula is C29H20F3N5O2. The fourth-order valence-electron chi connectivity index (χ4n) is 4.75. The average molecular weight is 528 g/mol. The van der Waals surface area contributed by atoms with Crippen molar-refractivity contribution in [1.29, 1.82) is 0 Å². The first kappa shape index (κ1) is 24.4. The van der Waals surface area contributed by atoms with E-state index in [1.807, 2.05) is 0 Å². The summed E-state index contributed by atoms with van der Waals surface area (Å²) in [5.74, 6) is -1.52. The van der Waals surface area contributed by atoms with Crippen molar-refractivity contribution in [3.05, 3.63) is 106 Å². The summed E-state index contributed by atoms with van der Waals surface area (Å²) in [5.41, 5.74) is 7.31. The number of benzene rings is 3. The standard InChI is InChI=1S/C29H20F3N5O2/c1-14-9-10-17(12-20(14)32)25-24-28(33)34-13-35-29(24)37(36-25)15(2)27-22(16-5-3-6-18(30)11-16)26(38)23-19(31)7-4-8-21(23)39-27/h3-13,15H,1-2H3,(H2,33,34,35). The van der Waals surface area contributed by atoms with Crippen molar-refractivity contribution in [3.8, 4) is 22.4 Å². The summed E-state index contributed by atoms with van der Waals surface area (Å²) < 4.78 is 51.1. The van der Waals surface area contributed by atoms with Crippen LogP contribution in [-0.2, 0) is 0 Å². The van der Waals surface area contributed by atoms with Crippen LogP contribution in [0.4, 0.5) is 19.0 Å². The van der Waals surface area contributed by atoms with E-state index in [0.29, 0.717) is 27.9 Å². The molecule has 6 aromatic rings. The molecule has 3 aromatic carbocycles. The molecule has 0 radical (unpaired) electrons. The second-order valence-corrected chi connectivity index (χ2v) is 9.18. The molecule has 6 rings (SSSR count). The van der Waals surface area contributed by atoms with Gasteiger partial charge >= 0.3 is 0 Å². The van der Waals surface area contributed by atoms with Crippen LogP contribution in [0.15, 0.2) is 76.2 Å². The zero-order chi connectivity index (χ0) is 27.4. The maximum atomic E-state index is 14.8. The van der Waals surface area contributed by atoms with Gasteiger partial charge in [0.1, 0.15) is 58.1 Å². The van der Waals surface area contributed by atoms with Gasteiger partial charge in [0.2, 0.25) is 5.43 Å². The molecule has 7 nitrogen and oxygen atoms in total. The minimum atomic E-state index is -0.815. The van der Waals surface area contributed by atoms with Gasteiger partial charge in [-0.05, 0) is 55.3 Å². The molecule has 0 saturated heterocycles. The number of anilines is 1. The van der Waals surface area contributed by atoms with Crippen LogP contribution in [0.1, 0.15) is 24.3 Å². The Balaban J connectivity index is 1.66. The van der Waals surface area contributed by atoms with E-state index in [1.54, 1.807) is 32.0 Å². The minimum absolute atomic E-state index is 0.0202. The lowest BCUT2D eigenvalue weighted by atomic mass is 9.99. The quantitative estimate of drug-likeness (QED) is 0.294. The molecule has 0 amide bonds. The Labute approximate surface area is 219 Å². The Morgan fingerprint density at radius 1 is 0.923 bits per heavy atom. The summed E-state index contributed by atoms with van der Waals surface area (Å²) in [5, 5.41) is 4.84. The predicted molar refractivity (Wildman–Crippen MR) is 142 cm³/mol. The summed E-state index contributed by atoms with van der Waals surface area (Å²) >= 11 is 0. The average Bonchev–Trinajstić information content (AvgIpc) is 3.30.